The third-order valence-electron chi connectivity index (χ3n) is 4.11. The van der Waals surface area contributed by atoms with E-state index in [9.17, 15) is 9.59 Å². The van der Waals surface area contributed by atoms with E-state index in [4.69, 9.17) is 9.15 Å². The van der Waals surface area contributed by atoms with Gasteiger partial charge in [-0.15, -0.1) is 10.2 Å². The molecule has 1 heterocycles. The van der Waals surface area contributed by atoms with Crippen LogP contribution in [0.25, 0.3) is 0 Å². The number of anilines is 1. The van der Waals surface area contributed by atoms with Crippen LogP contribution in [0.15, 0.2) is 64.2 Å². The minimum atomic E-state index is -0.361. The molecule has 0 atom stereocenters. The lowest BCUT2D eigenvalue weighted by atomic mass is 10.2. The summed E-state index contributed by atoms with van der Waals surface area (Å²) in [6.45, 7) is 2.44. The summed E-state index contributed by atoms with van der Waals surface area (Å²) in [7, 11) is 0. The number of amides is 1. The number of nitrogens with one attached hydrogen (secondary N) is 1. The van der Waals surface area contributed by atoms with Crippen LogP contribution in [0.4, 0.5) is 5.69 Å². The molecule has 0 spiro atoms. The fraction of sp³-hybridized carbons (Fsp3) is 0.273. The monoisotopic (exact) mass is 425 g/mol. The smallest absolute Gasteiger partial charge is 0.338 e. The Morgan fingerprint density at radius 3 is 2.57 bits per heavy atom. The Balaban J connectivity index is 1.44. The van der Waals surface area contributed by atoms with Gasteiger partial charge in [0.15, 0.2) is 0 Å². The molecule has 0 saturated carbocycles. The molecule has 0 aliphatic rings. The Morgan fingerprint density at radius 1 is 1.07 bits per heavy atom. The van der Waals surface area contributed by atoms with Crippen LogP contribution in [0.3, 0.4) is 0 Å². The third-order valence-corrected chi connectivity index (χ3v) is 4.93. The van der Waals surface area contributed by atoms with E-state index in [1.165, 1.54) is 11.8 Å². The van der Waals surface area contributed by atoms with Gasteiger partial charge in [0.05, 0.1) is 24.3 Å². The zero-order chi connectivity index (χ0) is 21.2. The van der Waals surface area contributed by atoms with E-state index in [2.05, 4.69) is 15.5 Å². The molecule has 156 valence electrons. The molecule has 8 heteroatoms. The first kappa shape index (κ1) is 21.6. The highest BCUT2D eigenvalue weighted by Crippen LogP contribution is 2.18. The number of hydrogen-bond donors (Lipinski definition) is 1. The lowest BCUT2D eigenvalue weighted by molar-refractivity contribution is -0.113. The van der Waals surface area contributed by atoms with Crippen LogP contribution < -0.4 is 5.32 Å². The second-order valence-electron chi connectivity index (χ2n) is 6.53. The average Bonchev–Trinajstić information content (AvgIpc) is 3.21. The number of carbonyl (C=O) groups excluding carboxylic acids is 2. The molecule has 3 rings (SSSR count). The molecule has 0 bridgehead atoms. The van der Waals surface area contributed by atoms with E-state index in [0.29, 0.717) is 35.4 Å². The van der Waals surface area contributed by atoms with Crippen LogP contribution in [0.1, 0.15) is 41.6 Å². The molecule has 30 heavy (non-hydrogen) atoms. The van der Waals surface area contributed by atoms with Gasteiger partial charge in [0, 0.05) is 5.69 Å². The summed E-state index contributed by atoms with van der Waals surface area (Å²) >= 11 is 1.17. The number of ether oxygens (including phenoxy) is 1. The summed E-state index contributed by atoms with van der Waals surface area (Å²) in [4.78, 5) is 24.1. The number of rotatable bonds is 10. The molecule has 0 unspecified atom stereocenters. The summed E-state index contributed by atoms with van der Waals surface area (Å²) in [5.74, 6) is 0.0690. The number of benzene rings is 2. The largest absolute Gasteiger partial charge is 0.462 e. The SMILES string of the molecule is CCCCOC(=O)c1ccc(NC(=O)CSc2nnc(Cc3ccccc3)o2)cc1. The number of hydrogen-bond acceptors (Lipinski definition) is 7. The Hall–Kier alpha value is -3.13. The Kier molecular flexibility index (Phi) is 8.02. The molecule has 2 aromatic carbocycles. The topological polar surface area (TPSA) is 94.3 Å². The normalized spacial score (nSPS) is 10.6. The second kappa shape index (κ2) is 11.2. The quantitative estimate of drug-likeness (QED) is 0.293. The molecular formula is C22H23N3O4S. The molecule has 0 radical (unpaired) electrons. The van der Waals surface area contributed by atoms with Crippen LogP contribution in [-0.2, 0) is 16.0 Å². The minimum Gasteiger partial charge on any atom is -0.462 e. The minimum absolute atomic E-state index is 0.133. The van der Waals surface area contributed by atoms with Gasteiger partial charge in [0.1, 0.15) is 0 Å². The van der Waals surface area contributed by atoms with Gasteiger partial charge in [-0.3, -0.25) is 4.79 Å². The molecule has 0 fully saturated rings. The van der Waals surface area contributed by atoms with Crippen molar-refractivity contribution in [2.24, 2.45) is 0 Å². The predicted octanol–water partition coefficient (Wildman–Crippen LogP) is 4.35. The molecular weight excluding hydrogens is 402 g/mol. The molecule has 1 aromatic heterocycles. The van der Waals surface area contributed by atoms with Gasteiger partial charge in [-0.2, -0.15) is 0 Å². The molecule has 0 saturated heterocycles. The first-order valence-electron chi connectivity index (χ1n) is 9.70. The molecule has 3 aromatic rings. The summed E-state index contributed by atoms with van der Waals surface area (Å²) in [5, 5.41) is 11.1. The standard InChI is InChI=1S/C22H23N3O4S/c1-2-3-13-28-21(27)17-9-11-18(12-10-17)23-19(26)15-30-22-25-24-20(29-22)14-16-7-5-4-6-8-16/h4-12H,2-3,13-15H2,1H3,(H,23,26). The van der Waals surface area contributed by atoms with Crippen LogP contribution in [0.2, 0.25) is 0 Å². The second-order valence-corrected chi connectivity index (χ2v) is 7.45. The third kappa shape index (κ3) is 6.73. The number of carbonyl (C=O) groups is 2. The summed E-state index contributed by atoms with van der Waals surface area (Å²) < 4.78 is 10.7. The van der Waals surface area contributed by atoms with E-state index in [1.807, 2.05) is 37.3 Å². The zero-order valence-electron chi connectivity index (χ0n) is 16.7. The van der Waals surface area contributed by atoms with Crippen molar-refractivity contribution < 1.29 is 18.7 Å². The number of aromatic nitrogens is 2. The van der Waals surface area contributed by atoms with Gasteiger partial charge in [-0.25, -0.2) is 4.79 Å². The number of thioether (sulfide) groups is 1. The van der Waals surface area contributed by atoms with E-state index in [1.54, 1.807) is 24.3 Å². The first-order chi connectivity index (χ1) is 14.6. The van der Waals surface area contributed by atoms with Crippen molar-refractivity contribution in [1.29, 1.82) is 0 Å². The maximum absolute atomic E-state index is 12.2. The Labute approximate surface area is 179 Å². The average molecular weight is 426 g/mol. The van der Waals surface area contributed by atoms with Crippen LogP contribution >= 0.6 is 11.8 Å². The number of esters is 1. The van der Waals surface area contributed by atoms with Gasteiger partial charge in [-0.05, 0) is 36.2 Å². The van der Waals surface area contributed by atoms with Crippen LogP contribution in [0.5, 0.6) is 0 Å². The molecule has 1 N–H and O–H groups in total. The van der Waals surface area contributed by atoms with Gasteiger partial charge < -0.3 is 14.5 Å². The van der Waals surface area contributed by atoms with E-state index in [-0.39, 0.29) is 17.6 Å². The zero-order valence-corrected chi connectivity index (χ0v) is 17.5. The van der Waals surface area contributed by atoms with Crippen molar-refractivity contribution in [3.05, 3.63) is 71.6 Å². The van der Waals surface area contributed by atoms with Crippen molar-refractivity contribution in [3.8, 4) is 0 Å². The van der Waals surface area contributed by atoms with Crippen molar-refractivity contribution in [1.82, 2.24) is 10.2 Å². The summed E-state index contributed by atoms with van der Waals surface area (Å²) in [6.07, 6.45) is 2.35. The van der Waals surface area contributed by atoms with E-state index in [0.717, 1.165) is 18.4 Å². The number of unbranched alkanes of at least 4 members (excludes halogenated alkanes) is 1. The lowest BCUT2D eigenvalue weighted by Gasteiger charge is -2.06. The van der Waals surface area contributed by atoms with E-state index >= 15 is 0 Å². The van der Waals surface area contributed by atoms with Crippen molar-refractivity contribution in [2.45, 2.75) is 31.4 Å². The Morgan fingerprint density at radius 2 is 1.83 bits per heavy atom. The fourth-order valence-corrected chi connectivity index (χ4v) is 3.13. The maximum Gasteiger partial charge on any atom is 0.338 e. The summed E-state index contributed by atoms with van der Waals surface area (Å²) in [5.41, 5.74) is 2.13. The highest BCUT2D eigenvalue weighted by Gasteiger charge is 2.11. The summed E-state index contributed by atoms with van der Waals surface area (Å²) in [6, 6.07) is 16.4. The van der Waals surface area contributed by atoms with Gasteiger partial charge >= 0.3 is 5.97 Å². The van der Waals surface area contributed by atoms with Gasteiger partial charge in [-0.1, -0.05) is 55.4 Å². The molecule has 7 nitrogen and oxygen atoms in total. The van der Waals surface area contributed by atoms with Gasteiger partial charge in [0.25, 0.3) is 5.22 Å². The maximum atomic E-state index is 12.2. The van der Waals surface area contributed by atoms with Gasteiger partial charge in [0.2, 0.25) is 11.8 Å². The molecule has 1 amide bonds. The number of nitrogens with zero attached hydrogens (tertiary/aromatic N) is 2. The highest BCUT2D eigenvalue weighted by molar-refractivity contribution is 7.99. The van der Waals surface area contributed by atoms with E-state index < -0.39 is 0 Å². The lowest BCUT2D eigenvalue weighted by Crippen LogP contribution is -2.14. The van der Waals surface area contributed by atoms with Crippen molar-refractivity contribution in [3.63, 3.8) is 0 Å². The molecule has 0 aliphatic heterocycles. The van der Waals surface area contributed by atoms with Crippen LogP contribution in [-0.4, -0.2) is 34.4 Å². The predicted molar refractivity (Wildman–Crippen MR) is 115 cm³/mol. The fourth-order valence-electron chi connectivity index (χ4n) is 2.54. The molecule has 0 aliphatic carbocycles. The first-order valence-corrected chi connectivity index (χ1v) is 10.7. The Bertz CT molecular complexity index is 958. The highest BCUT2D eigenvalue weighted by atomic mass is 32.2. The van der Waals surface area contributed by atoms with Crippen molar-refractivity contribution >= 4 is 29.3 Å². The van der Waals surface area contributed by atoms with Crippen LogP contribution in [0, 0.1) is 0 Å². The van der Waals surface area contributed by atoms with Crippen molar-refractivity contribution in [2.75, 3.05) is 17.7 Å².